The molecule has 20 heavy (non-hydrogen) atoms. The van der Waals surface area contributed by atoms with Crippen molar-refractivity contribution in [3.05, 3.63) is 52.3 Å². The van der Waals surface area contributed by atoms with E-state index < -0.39 is 0 Å². The number of nitrogens with zero attached hydrogens (tertiary/aromatic N) is 1. The molecule has 1 aliphatic carbocycles. The molecule has 0 amide bonds. The van der Waals surface area contributed by atoms with E-state index in [9.17, 15) is 5.11 Å². The number of aliphatic hydroxyl groups excluding tert-OH is 1. The van der Waals surface area contributed by atoms with Crippen LogP contribution >= 0.6 is 15.9 Å². The molecule has 0 radical (unpaired) electrons. The summed E-state index contributed by atoms with van der Waals surface area (Å²) in [4.78, 5) is 0. The molecule has 0 bridgehead atoms. The number of halogens is 1. The van der Waals surface area contributed by atoms with E-state index in [1.807, 2.05) is 24.3 Å². The van der Waals surface area contributed by atoms with Crippen molar-refractivity contribution in [3.63, 3.8) is 0 Å². The monoisotopic (exact) mass is 335 g/mol. The molecular weight excluding hydrogens is 318 g/mol. The standard InChI is InChI=1S/C16H18BrNO2/c17-13-4-2-5-14(9-13)20-8-7-18-10-12-3-1-6-16(19)15(12)11-18/h2,4-5,9-11,16,19H,1,3,6-8H2. The number of hydrogen-bond acceptors (Lipinski definition) is 2. The number of hydrogen-bond donors (Lipinski definition) is 1. The van der Waals surface area contributed by atoms with Crippen LogP contribution in [0.2, 0.25) is 0 Å². The van der Waals surface area contributed by atoms with Crippen molar-refractivity contribution in [1.29, 1.82) is 0 Å². The maximum Gasteiger partial charge on any atom is 0.120 e. The van der Waals surface area contributed by atoms with Gasteiger partial charge in [0.15, 0.2) is 0 Å². The normalized spacial score (nSPS) is 17.8. The van der Waals surface area contributed by atoms with Gasteiger partial charge in [-0.25, -0.2) is 0 Å². The summed E-state index contributed by atoms with van der Waals surface area (Å²) >= 11 is 3.43. The molecule has 4 heteroatoms. The average Bonchev–Trinajstić information content (AvgIpc) is 2.83. The molecule has 106 valence electrons. The third kappa shape index (κ3) is 3.07. The van der Waals surface area contributed by atoms with Gasteiger partial charge in [-0.3, -0.25) is 0 Å². The van der Waals surface area contributed by atoms with E-state index in [0.29, 0.717) is 6.61 Å². The first kappa shape index (κ1) is 13.7. The molecule has 0 saturated carbocycles. The zero-order valence-corrected chi connectivity index (χ0v) is 12.8. The van der Waals surface area contributed by atoms with Crippen molar-refractivity contribution in [2.75, 3.05) is 6.61 Å². The number of ether oxygens (including phenoxy) is 1. The molecule has 0 fully saturated rings. The highest BCUT2D eigenvalue weighted by molar-refractivity contribution is 9.10. The molecule has 1 N–H and O–H groups in total. The van der Waals surface area contributed by atoms with Crippen molar-refractivity contribution in [1.82, 2.24) is 4.57 Å². The van der Waals surface area contributed by atoms with Crippen LogP contribution in [0, 0.1) is 0 Å². The second-order valence-electron chi connectivity index (χ2n) is 5.19. The summed E-state index contributed by atoms with van der Waals surface area (Å²) in [7, 11) is 0. The Morgan fingerprint density at radius 1 is 1.35 bits per heavy atom. The number of aromatic nitrogens is 1. The van der Waals surface area contributed by atoms with Crippen LogP contribution in [-0.4, -0.2) is 16.3 Å². The summed E-state index contributed by atoms with van der Waals surface area (Å²) in [5.41, 5.74) is 2.38. The van der Waals surface area contributed by atoms with E-state index >= 15 is 0 Å². The Kier molecular flexibility index (Phi) is 4.13. The molecule has 0 aliphatic heterocycles. The lowest BCUT2D eigenvalue weighted by molar-refractivity contribution is 0.157. The van der Waals surface area contributed by atoms with Crippen LogP contribution in [-0.2, 0) is 13.0 Å². The van der Waals surface area contributed by atoms with Gasteiger partial charge in [-0.1, -0.05) is 22.0 Å². The van der Waals surface area contributed by atoms with Crippen LogP contribution < -0.4 is 4.74 Å². The quantitative estimate of drug-likeness (QED) is 0.924. The minimum absolute atomic E-state index is 0.286. The van der Waals surface area contributed by atoms with E-state index in [1.54, 1.807) is 0 Å². The molecular formula is C16H18BrNO2. The van der Waals surface area contributed by atoms with Crippen molar-refractivity contribution < 1.29 is 9.84 Å². The second kappa shape index (κ2) is 6.02. The van der Waals surface area contributed by atoms with Gasteiger partial charge in [-0.15, -0.1) is 0 Å². The van der Waals surface area contributed by atoms with Crippen LogP contribution in [0.15, 0.2) is 41.1 Å². The van der Waals surface area contributed by atoms with Gasteiger partial charge >= 0.3 is 0 Å². The average molecular weight is 336 g/mol. The minimum Gasteiger partial charge on any atom is -0.492 e. The Morgan fingerprint density at radius 3 is 3.05 bits per heavy atom. The molecule has 1 heterocycles. The molecule has 1 aromatic carbocycles. The SMILES string of the molecule is OC1CCCc2cn(CCOc3cccc(Br)c3)cc21. The van der Waals surface area contributed by atoms with Gasteiger partial charge in [0.1, 0.15) is 12.4 Å². The molecule has 3 nitrogen and oxygen atoms in total. The number of rotatable bonds is 4. The molecule has 0 spiro atoms. The molecule has 0 saturated heterocycles. The van der Waals surface area contributed by atoms with E-state index in [-0.39, 0.29) is 6.10 Å². The first-order chi connectivity index (χ1) is 9.72. The fourth-order valence-electron chi connectivity index (χ4n) is 2.68. The third-order valence-corrected chi connectivity index (χ3v) is 4.19. The van der Waals surface area contributed by atoms with Crippen molar-refractivity contribution in [3.8, 4) is 5.75 Å². The number of fused-ring (bicyclic) bond motifs is 1. The highest BCUT2D eigenvalue weighted by Crippen LogP contribution is 2.30. The van der Waals surface area contributed by atoms with Crippen LogP contribution in [0.25, 0.3) is 0 Å². The van der Waals surface area contributed by atoms with Gasteiger partial charge in [0.2, 0.25) is 0 Å². The number of aryl methyl sites for hydroxylation is 1. The van der Waals surface area contributed by atoms with Gasteiger partial charge in [0.25, 0.3) is 0 Å². The summed E-state index contributed by atoms with van der Waals surface area (Å²) in [5.74, 6) is 0.872. The predicted molar refractivity (Wildman–Crippen MR) is 82.0 cm³/mol. The van der Waals surface area contributed by atoms with Crippen LogP contribution in [0.5, 0.6) is 5.75 Å². The van der Waals surface area contributed by atoms with Crippen LogP contribution in [0.4, 0.5) is 0 Å². The van der Waals surface area contributed by atoms with Gasteiger partial charge in [-0.2, -0.15) is 0 Å². The lowest BCUT2D eigenvalue weighted by atomic mass is 9.93. The van der Waals surface area contributed by atoms with Crippen molar-refractivity contribution in [2.45, 2.75) is 31.9 Å². The van der Waals surface area contributed by atoms with E-state index in [0.717, 1.165) is 41.6 Å². The molecule has 1 atom stereocenters. The minimum atomic E-state index is -0.286. The topological polar surface area (TPSA) is 34.4 Å². The van der Waals surface area contributed by atoms with E-state index in [1.165, 1.54) is 5.56 Å². The molecule has 1 aliphatic rings. The maximum absolute atomic E-state index is 9.96. The summed E-state index contributed by atoms with van der Waals surface area (Å²) in [5, 5.41) is 9.96. The first-order valence-electron chi connectivity index (χ1n) is 6.97. The van der Waals surface area contributed by atoms with Crippen LogP contribution in [0.3, 0.4) is 0 Å². The van der Waals surface area contributed by atoms with E-state index in [4.69, 9.17) is 4.74 Å². The Balaban J connectivity index is 1.59. The smallest absolute Gasteiger partial charge is 0.120 e. The third-order valence-electron chi connectivity index (χ3n) is 3.69. The summed E-state index contributed by atoms with van der Waals surface area (Å²) in [6.07, 6.45) is 6.95. The fourth-order valence-corrected chi connectivity index (χ4v) is 3.06. The van der Waals surface area contributed by atoms with Gasteiger partial charge in [-0.05, 0) is 43.0 Å². The zero-order valence-electron chi connectivity index (χ0n) is 11.3. The summed E-state index contributed by atoms with van der Waals surface area (Å²) < 4.78 is 8.88. The van der Waals surface area contributed by atoms with Gasteiger partial charge in [0, 0.05) is 22.4 Å². The van der Waals surface area contributed by atoms with Crippen LogP contribution in [0.1, 0.15) is 30.1 Å². The summed E-state index contributed by atoms with van der Waals surface area (Å²) in [6, 6.07) is 7.86. The largest absolute Gasteiger partial charge is 0.492 e. The lowest BCUT2D eigenvalue weighted by Crippen LogP contribution is -2.06. The summed E-state index contributed by atoms with van der Waals surface area (Å²) in [6.45, 7) is 1.42. The Hall–Kier alpha value is -1.26. The highest BCUT2D eigenvalue weighted by Gasteiger charge is 2.19. The van der Waals surface area contributed by atoms with Crippen molar-refractivity contribution >= 4 is 15.9 Å². The molecule has 3 rings (SSSR count). The zero-order chi connectivity index (χ0) is 13.9. The highest BCUT2D eigenvalue weighted by atomic mass is 79.9. The Labute approximate surface area is 127 Å². The molecule has 2 aromatic rings. The lowest BCUT2D eigenvalue weighted by Gasteiger charge is -2.16. The maximum atomic E-state index is 9.96. The number of benzene rings is 1. The Morgan fingerprint density at radius 2 is 2.25 bits per heavy atom. The second-order valence-corrected chi connectivity index (χ2v) is 6.11. The van der Waals surface area contributed by atoms with Crippen molar-refractivity contribution in [2.24, 2.45) is 0 Å². The number of aliphatic hydroxyl groups is 1. The van der Waals surface area contributed by atoms with Gasteiger partial charge < -0.3 is 14.4 Å². The predicted octanol–water partition coefficient (Wildman–Crippen LogP) is 3.70. The fraction of sp³-hybridized carbons (Fsp3) is 0.375. The van der Waals surface area contributed by atoms with Gasteiger partial charge in [0.05, 0.1) is 12.6 Å². The molecule has 1 unspecified atom stereocenters. The Bertz CT molecular complexity index is 594. The first-order valence-corrected chi connectivity index (χ1v) is 7.76. The van der Waals surface area contributed by atoms with E-state index in [2.05, 4.69) is 32.9 Å². The molecule has 1 aromatic heterocycles.